The number of rotatable bonds is 3. The van der Waals surface area contributed by atoms with Crippen LogP contribution in [0.3, 0.4) is 0 Å². The average Bonchev–Trinajstić information content (AvgIpc) is 2.84. The van der Waals surface area contributed by atoms with E-state index in [2.05, 4.69) is 19.8 Å². The number of anilines is 2. The van der Waals surface area contributed by atoms with Crippen LogP contribution in [0.2, 0.25) is 0 Å². The first-order chi connectivity index (χ1) is 16.3. The number of nitrogens with two attached hydrogens (primary N) is 1. The number of amides is 1. The Morgan fingerprint density at radius 2 is 1.68 bits per heavy atom. The van der Waals surface area contributed by atoms with Gasteiger partial charge in [-0.25, -0.2) is 18.7 Å². The molecule has 0 bridgehead atoms. The van der Waals surface area contributed by atoms with Gasteiger partial charge >= 0.3 is 0 Å². The number of hydrogen-bond donors (Lipinski definition) is 2. The third kappa shape index (κ3) is 7.57. The zero-order chi connectivity index (χ0) is 25.3. The number of hydrogen-bond acceptors (Lipinski definition) is 6. The Morgan fingerprint density at radius 1 is 1.06 bits per heavy atom. The van der Waals surface area contributed by atoms with Gasteiger partial charge in [-0.1, -0.05) is 13.8 Å². The number of benzene rings is 1. The van der Waals surface area contributed by atoms with E-state index in [1.165, 1.54) is 6.66 Å². The molecule has 3 heterocycles. The zero-order valence-electron chi connectivity index (χ0n) is 20.5. The van der Waals surface area contributed by atoms with Crippen molar-refractivity contribution in [2.24, 2.45) is 0 Å². The third-order valence-corrected chi connectivity index (χ3v) is 6.77. The molecule has 2 aliphatic heterocycles. The van der Waals surface area contributed by atoms with Gasteiger partial charge in [0.15, 0.2) is 0 Å². The molecule has 10 heteroatoms. The van der Waals surface area contributed by atoms with Crippen molar-refractivity contribution in [3.63, 3.8) is 0 Å². The summed E-state index contributed by atoms with van der Waals surface area (Å²) in [5, 5.41) is -0.0169. The second kappa shape index (κ2) is 13.5. The summed E-state index contributed by atoms with van der Waals surface area (Å²) < 4.78 is 25.6. The van der Waals surface area contributed by atoms with Crippen LogP contribution in [0.5, 0.6) is 0 Å². The summed E-state index contributed by atoms with van der Waals surface area (Å²) in [6, 6.07) is 2.22. The van der Waals surface area contributed by atoms with Gasteiger partial charge in [-0.15, -0.1) is 0 Å². The first-order valence-corrected chi connectivity index (χ1v) is 13.5. The highest BCUT2D eigenvalue weighted by atomic mass is 31.1. The zero-order valence-corrected chi connectivity index (χ0v) is 21.4. The van der Waals surface area contributed by atoms with E-state index in [1.807, 2.05) is 33.2 Å². The van der Waals surface area contributed by atoms with E-state index in [0.29, 0.717) is 11.9 Å². The third-order valence-electron chi connectivity index (χ3n) is 5.73. The van der Waals surface area contributed by atoms with Crippen LogP contribution in [0.25, 0.3) is 0 Å². The maximum Gasteiger partial charge on any atom is 0.225 e. The number of halogens is 2. The molecular formula is C24H36F2N5O2P. The fourth-order valence-corrected chi connectivity index (χ4v) is 4.61. The quantitative estimate of drug-likeness (QED) is 0.494. The van der Waals surface area contributed by atoms with E-state index in [9.17, 15) is 13.6 Å². The van der Waals surface area contributed by atoms with Crippen molar-refractivity contribution in [2.75, 3.05) is 36.9 Å². The van der Waals surface area contributed by atoms with Gasteiger partial charge in [0.1, 0.15) is 11.6 Å². The Labute approximate surface area is 202 Å². The van der Waals surface area contributed by atoms with E-state index in [1.54, 1.807) is 0 Å². The van der Waals surface area contributed by atoms with Gasteiger partial charge in [0.2, 0.25) is 11.9 Å². The molecule has 0 aliphatic carbocycles. The molecule has 1 aromatic heterocycles. The van der Waals surface area contributed by atoms with Gasteiger partial charge in [-0.05, 0) is 50.9 Å². The van der Waals surface area contributed by atoms with Gasteiger partial charge < -0.3 is 20.4 Å². The molecule has 0 radical (unpaired) electrons. The summed E-state index contributed by atoms with van der Waals surface area (Å²) in [4.78, 5) is 34.1. The van der Waals surface area contributed by atoms with Crippen LogP contribution < -0.4 is 15.9 Å². The molecule has 1 amide bonds. The number of nitrogens with zero attached hydrogens (tertiary/aromatic N) is 4. The number of aryl methyl sites for hydroxylation is 1. The van der Waals surface area contributed by atoms with Crippen LogP contribution in [0.1, 0.15) is 51.5 Å². The molecule has 2 fully saturated rings. The molecule has 1 unspecified atom stereocenters. The second-order valence-electron chi connectivity index (χ2n) is 8.17. The predicted octanol–water partition coefficient (Wildman–Crippen LogP) is 3.98. The number of carbonyl (C=O) groups excluding carboxylic acids is 1. The van der Waals surface area contributed by atoms with Crippen LogP contribution in [0.15, 0.2) is 24.5 Å². The highest BCUT2D eigenvalue weighted by molar-refractivity contribution is 7.59. The molecule has 1 atom stereocenters. The number of nitrogen functional groups attached to an aromatic ring is 1. The summed E-state index contributed by atoms with van der Waals surface area (Å²) in [5.74, 6) is -0.194. The molecular weight excluding hydrogens is 459 g/mol. The number of carbonyl (C=O) groups is 1. The highest BCUT2D eigenvalue weighted by Gasteiger charge is 2.29. The summed E-state index contributed by atoms with van der Waals surface area (Å²) >= 11 is 0. The number of piperidine rings is 2. The molecule has 34 heavy (non-hydrogen) atoms. The lowest BCUT2D eigenvalue weighted by molar-refractivity contribution is -0.136. The van der Waals surface area contributed by atoms with Crippen molar-refractivity contribution in [3.05, 3.63) is 41.7 Å². The molecule has 4 rings (SSSR count). The van der Waals surface area contributed by atoms with E-state index < -0.39 is 19.8 Å². The highest BCUT2D eigenvalue weighted by Crippen LogP contribution is 2.26. The Bertz CT molecular complexity index is 922. The fourth-order valence-electron chi connectivity index (χ4n) is 3.94. The molecule has 188 valence electrons. The van der Waals surface area contributed by atoms with E-state index in [0.717, 1.165) is 75.4 Å². The molecule has 1 aromatic carbocycles. The largest absolute Gasteiger partial charge is 0.396 e. The van der Waals surface area contributed by atoms with Gasteiger partial charge in [0.05, 0.1) is 13.8 Å². The maximum absolute atomic E-state index is 12.9. The van der Waals surface area contributed by atoms with Crippen LogP contribution >= 0.6 is 8.15 Å². The number of aromatic nitrogens is 2. The van der Waals surface area contributed by atoms with Gasteiger partial charge in [0, 0.05) is 55.9 Å². The Balaban J connectivity index is 0.000000251. The van der Waals surface area contributed by atoms with Crippen LogP contribution in [-0.4, -0.2) is 58.0 Å². The van der Waals surface area contributed by atoms with E-state index >= 15 is 0 Å². The Kier molecular flexibility index (Phi) is 11.1. The standard InChI is InChI=1S/C15H22N4O.C7H8F2NOP.C2H6/c1-12-10-16-15(17-11-12)18-8-5-13(6-9-18)19-7-3-2-4-14(19)20;1-12(11)7-3-4(8)6(10)2-5(7)9;1-2/h10-11,13H,2-9H2,1H3;2-3,11H,10H2,1H3;1-2H3. The molecule has 0 saturated carbocycles. The summed E-state index contributed by atoms with van der Waals surface area (Å²) in [5.41, 5.74) is 5.94. The van der Waals surface area contributed by atoms with Crippen molar-refractivity contribution in [1.82, 2.24) is 14.9 Å². The lowest BCUT2D eigenvalue weighted by Gasteiger charge is -2.40. The first kappa shape index (κ1) is 27.9. The normalized spacial score (nSPS) is 17.3. The van der Waals surface area contributed by atoms with Crippen molar-refractivity contribution in [1.29, 1.82) is 0 Å². The van der Waals surface area contributed by atoms with E-state index in [-0.39, 0.29) is 11.0 Å². The first-order valence-electron chi connectivity index (χ1n) is 11.8. The fraction of sp³-hybridized carbons (Fsp3) is 0.542. The van der Waals surface area contributed by atoms with Crippen LogP contribution in [0.4, 0.5) is 20.4 Å². The Morgan fingerprint density at radius 3 is 2.24 bits per heavy atom. The minimum Gasteiger partial charge on any atom is -0.396 e. The van der Waals surface area contributed by atoms with Gasteiger partial charge in [0.25, 0.3) is 0 Å². The van der Waals surface area contributed by atoms with Crippen molar-refractivity contribution in [3.8, 4) is 0 Å². The Hall–Kier alpha value is -2.38. The molecule has 7 nitrogen and oxygen atoms in total. The molecule has 2 aliphatic rings. The van der Waals surface area contributed by atoms with E-state index in [4.69, 9.17) is 10.6 Å². The molecule has 2 aromatic rings. The molecule has 3 N–H and O–H groups in total. The monoisotopic (exact) mass is 495 g/mol. The summed E-state index contributed by atoms with van der Waals surface area (Å²) in [6.07, 6.45) is 8.75. The minimum atomic E-state index is -1.62. The second-order valence-corrected chi connectivity index (χ2v) is 9.70. The average molecular weight is 496 g/mol. The van der Waals surface area contributed by atoms with Gasteiger partial charge in [-0.2, -0.15) is 0 Å². The minimum absolute atomic E-state index is 0.0169. The lowest BCUT2D eigenvalue weighted by Crippen LogP contribution is -2.49. The van der Waals surface area contributed by atoms with Crippen LogP contribution in [0, 0.1) is 18.6 Å². The summed E-state index contributed by atoms with van der Waals surface area (Å²) in [6.45, 7) is 10.3. The molecule has 2 saturated heterocycles. The molecule has 0 spiro atoms. The lowest BCUT2D eigenvalue weighted by atomic mass is 10.00. The van der Waals surface area contributed by atoms with Crippen molar-refractivity contribution in [2.45, 2.75) is 58.9 Å². The number of likely N-dealkylation sites (tertiary alicyclic amines) is 1. The SMILES string of the molecule is CC.CP(O)c1cc(F)c(N)cc1F.Cc1cnc(N2CCC(N3CCCCC3=O)CC2)nc1. The maximum atomic E-state index is 12.9. The predicted molar refractivity (Wildman–Crippen MR) is 134 cm³/mol. The smallest absolute Gasteiger partial charge is 0.225 e. The van der Waals surface area contributed by atoms with Crippen molar-refractivity contribution < 1.29 is 18.5 Å². The van der Waals surface area contributed by atoms with Gasteiger partial charge in [-0.3, -0.25) is 4.79 Å². The summed E-state index contributed by atoms with van der Waals surface area (Å²) in [7, 11) is -1.62. The van der Waals surface area contributed by atoms with Crippen LogP contribution in [-0.2, 0) is 4.79 Å². The van der Waals surface area contributed by atoms with Crippen molar-refractivity contribution >= 4 is 31.0 Å². The topological polar surface area (TPSA) is 95.6 Å².